The van der Waals surface area contributed by atoms with E-state index in [9.17, 15) is 8.42 Å². The van der Waals surface area contributed by atoms with Gasteiger partial charge in [0.1, 0.15) is 0 Å². The van der Waals surface area contributed by atoms with E-state index in [4.69, 9.17) is 0 Å². The first-order valence-electron chi connectivity index (χ1n) is 6.88. The molecule has 1 aliphatic rings. The van der Waals surface area contributed by atoms with Gasteiger partial charge in [-0.15, -0.1) is 5.10 Å². The molecule has 1 atom stereocenters. The number of piperidine rings is 1. The SMILES string of the molecule is CCNCC1CCCN(S(=O)(=O)Nc2cccnn2)C1. The molecule has 2 heterocycles. The highest BCUT2D eigenvalue weighted by atomic mass is 32.2. The van der Waals surface area contributed by atoms with Crippen LogP contribution in [0.15, 0.2) is 18.3 Å². The summed E-state index contributed by atoms with van der Waals surface area (Å²) in [6.45, 7) is 4.91. The Hall–Kier alpha value is -1.25. The fraction of sp³-hybridized carbons (Fsp3) is 0.667. The van der Waals surface area contributed by atoms with E-state index >= 15 is 0 Å². The summed E-state index contributed by atoms with van der Waals surface area (Å²) in [6.07, 6.45) is 3.45. The van der Waals surface area contributed by atoms with E-state index < -0.39 is 10.2 Å². The van der Waals surface area contributed by atoms with Crippen LogP contribution in [-0.2, 0) is 10.2 Å². The Bertz CT molecular complexity index is 508. The van der Waals surface area contributed by atoms with E-state index in [1.165, 1.54) is 10.5 Å². The van der Waals surface area contributed by atoms with E-state index in [-0.39, 0.29) is 5.82 Å². The van der Waals surface area contributed by atoms with Crippen LogP contribution in [0.5, 0.6) is 0 Å². The number of nitrogens with one attached hydrogen (secondary N) is 2. The van der Waals surface area contributed by atoms with Crippen molar-refractivity contribution in [3.05, 3.63) is 18.3 Å². The Morgan fingerprint density at radius 1 is 1.50 bits per heavy atom. The Morgan fingerprint density at radius 3 is 3.05 bits per heavy atom. The molecule has 0 amide bonds. The highest BCUT2D eigenvalue weighted by molar-refractivity contribution is 7.90. The largest absolute Gasteiger partial charge is 0.317 e. The predicted octanol–water partition coefficient (Wildman–Crippen LogP) is 0.455. The minimum atomic E-state index is -3.54. The maximum atomic E-state index is 12.3. The van der Waals surface area contributed by atoms with Crippen molar-refractivity contribution in [2.45, 2.75) is 19.8 Å². The third kappa shape index (κ3) is 4.12. The molecule has 0 aromatic carbocycles. The van der Waals surface area contributed by atoms with Crippen LogP contribution in [0, 0.1) is 5.92 Å². The Kier molecular flexibility index (Phi) is 5.27. The lowest BCUT2D eigenvalue weighted by molar-refractivity contribution is 0.262. The first kappa shape index (κ1) is 15.1. The van der Waals surface area contributed by atoms with Crippen molar-refractivity contribution in [2.75, 3.05) is 30.9 Å². The lowest BCUT2D eigenvalue weighted by atomic mass is 10.00. The van der Waals surface area contributed by atoms with Gasteiger partial charge in [-0.2, -0.15) is 17.8 Å². The molecule has 2 rings (SSSR count). The van der Waals surface area contributed by atoms with Crippen LogP contribution in [0.25, 0.3) is 0 Å². The highest BCUT2D eigenvalue weighted by Crippen LogP contribution is 2.19. The van der Waals surface area contributed by atoms with Gasteiger partial charge in [0.2, 0.25) is 0 Å². The second-order valence-electron chi connectivity index (χ2n) is 4.89. The summed E-state index contributed by atoms with van der Waals surface area (Å²) >= 11 is 0. The fourth-order valence-corrected chi connectivity index (χ4v) is 3.59. The molecule has 1 saturated heterocycles. The maximum Gasteiger partial charge on any atom is 0.302 e. The van der Waals surface area contributed by atoms with Gasteiger partial charge in [0, 0.05) is 19.3 Å². The lowest BCUT2D eigenvalue weighted by Crippen LogP contribution is -2.45. The molecule has 0 aliphatic carbocycles. The van der Waals surface area contributed by atoms with Crippen LogP contribution in [-0.4, -0.2) is 49.1 Å². The van der Waals surface area contributed by atoms with Crippen molar-refractivity contribution in [3.8, 4) is 0 Å². The maximum absolute atomic E-state index is 12.3. The zero-order valence-corrected chi connectivity index (χ0v) is 12.4. The van der Waals surface area contributed by atoms with Crippen molar-refractivity contribution in [1.29, 1.82) is 0 Å². The average Bonchev–Trinajstić information content (AvgIpc) is 2.46. The van der Waals surface area contributed by atoms with Crippen LogP contribution in [0.4, 0.5) is 5.82 Å². The molecule has 0 bridgehead atoms. The van der Waals surface area contributed by atoms with Crippen LogP contribution in [0.1, 0.15) is 19.8 Å². The predicted molar refractivity (Wildman–Crippen MR) is 77.4 cm³/mol. The van der Waals surface area contributed by atoms with Gasteiger partial charge in [0.25, 0.3) is 0 Å². The van der Waals surface area contributed by atoms with E-state index in [1.54, 1.807) is 12.1 Å². The molecular formula is C12H21N5O2S. The second kappa shape index (κ2) is 6.96. The molecule has 0 radical (unpaired) electrons. The second-order valence-corrected chi connectivity index (χ2v) is 6.56. The third-order valence-corrected chi connectivity index (χ3v) is 4.79. The van der Waals surface area contributed by atoms with Gasteiger partial charge in [-0.3, -0.25) is 4.72 Å². The average molecular weight is 299 g/mol. The fourth-order valence-electron chi connectivity index (χ4n) is 2.31. The van der Waals surface area contributed by atoms with Gasteiger partial charge in [-0.05, 0) is 44.0 Å². The molecule has 20 heavy (non-hydrogen) atoms. The zero-order chi connectivity index (χ0) is 14.4. The Labute approximate surface area is 120 Å². The van der Waals surface area contributed by atoms with Gasteiger partial charge < -0.3 is 5.32 Å². The standard InChI is InChI=1S/C12H21N5O2S/c1-2-13-9-11-5-4-8-17(10-11)20(18,19)16-12-6-3-7-14-15-12/h3,6-7,11,13H,2,4-5,8-10H2,1H3,(H,15,16). The number of aromatic nitrogens is 2. The molecule has 0 spiro atoms. The van der Waals surface area contributed by atoms with Gasteiger partial charge in [-0.1, -0.05) is 6.92 Å². The topological polar surface area (TPSA) is 87.2 Å². The Balaban J connectivity index is 1.98. The monoisotopic (exact) mass is 299 g/mol. The van der Waals surface area contributed by atoms with E-state index in [2.05, 4.69) is 20.2 Å². The molecule has 2 N–H and O–H groups in total. The molecule has 1 aromatic heterocycles. The van der Waals surface area contributed by atoms with Crippen molar-refractivity contribution in [2.24, 2.45) is 5.92 Å². The molecular weight excluding hydrogens is 278 g/mol. The summed E-state index contributed by atoms with van der Waals surface area (Å²) in [5.41, 5.74) is 0. The number of hydrogen-bond acceptors (Lipinski definition) is 5. The Morgan fingerprint density at radius 2 is 2.35 bits per heavy atom. The number of rotatable bonds is 6. The molecule has 1 unspecified atom stereocenters. The molecule has 0 saturated carbocycles. The first-order chi connectivity index (χ1) is 9.62. The van der Waals surface area contributed by atoms with E-state index in [1.807, 2.05) is 6.92 Å². The van der Waals surface area contributed by atoms with Crippen molar-refractivity contribution < 1.29 is 8.42 Å². The van der Waals surface area contributed by atoms with Crippen molar-refractivity contribution in [1.82, 2.24) is 19.8 Å². The summed E-state index contributed by atoms with van der Waals surface area (Å²) in [5, 5.41) is 10.7. The molecule has 1 fully saturated rings. The van der Waals surface area contributed by atoms with Crippen LogP contribution in [0.3, 0.4) is 0 Å². The summed E-state index contributed by atoms with van der Waals surface area (Å²) in [6, 6.07) is 3.24. The van der Waals surface area contributed by atoms with Crippen molar-refractivity contribution in [3.63, 3.8) is 0 Å². The normalized spacial score (nSPS) is 20.8. The van der Waals surface area contributed by atoms with Gasteiger partial charge >= 0.3 is 10.2 Å². The van der Waals surface area contributed by atoms with Gasteiger partial charge in [-0.25, -0.2) is 0 Å². The molecule has 7 nitrogen and oxygen atoms in total. The van der Waals surface area contributed by atoms with Crippen LogP contribution >= 0.6 is 0 Å². The quantitative estimate of drug-likeness (QED) is 0.796. The van der Waals surface area contributed by atoms with E-state index in [0.29, 0.717) is 19.0 Å². The number of hydrogen-bond donors (Lipinski definition) is 2. The molecule has 1 aromatic rings. The van der Waals surface area contributed by atoms with Crippen LogP contribution < -0.4 is 10.0 Å². The van der Waals surface area contributed by atoms with Crippen LogP contribution in [0.2, 0.25) is 0 Å². The minimum absolute atomic E-state index is 0.251. The molecule has 112 valence electrons. The molecule has 1 aliphatic heterocycles. The van der Waals surface area contributed by atoms with Gasteiger partial charge in [0.05, 0.1) is 0 Å². The summed E-state index contributed by atoms with van der Waals surface area (Å²) < 4.78 is 28.6. The summed E-state index contributed by atoms with van der Waals surface area (Å²) in [4.78, 5) is 0. The highest BCUT2D eigenvalue weighted by Gasteiger charge is 2.28. The smallest absolute Gasteiger partial charge is 0.302 e. The van der Waals surface area contributed by atoms with E-state index in [0.717, 1.165) is 25.9 Å². The minimum Gasteiger partial charge on any atom is -0.317 e. The first-order valence-corrected chi connectivity index (χ1v) is 8.32. The summed E-state index contributed by atoms with van der Waals surface area (Å²) in [5.74, 6) is 0.614. The summed E-state index contributed by atoms with van der Waals surface area (Å²) in [7, 11) is -3.54. The van der Waals surface area contributed by atoms with Gasteiger partial charge in [0.15, 0.2) is 5.82 Å². The third-order valence-electron chi connectivity index (χ3n) is 3.31. The molecule has 8 heteroatoms. The van der Waals surface area contributed by atoms with Crippen molar-refractivity contribution >= 4 is 16.0 Å². The number of nitrogens with zero attached hydrogens (tertiary/aromatic N) is 3. The lowest BCUT2D eigenvalue weighted by Gasteiger charge is -2.31. The number of anilines is 1. The zero-order valence-electron chi connectivity index (χ0n) is 11.6.